The fraction of sp³-hybridized carbons (Fsp3) is 0. The molecule has 1 aliphatic heterocycles. The zero-order valence-corrected chi connectivity index (χ0v) is 18.2. The Labute approximate surface area is 190 Å². The molecule has 1 aromatic heterocycles. The molecular weight excluding hydrogens is 464 g/mol. The van der Waals surface area contributed by atoms with Crippen molar-refractivity contribution in [2.45, 2.75) is 9.99 Å². The number of hydrogen-bond acceptors (Lipinski definition) is 7. The predicted molar refractivity (Wildman–Crippen MR) is 123 cm³/mol. The predicted octanol–water partition coefficient (Wildman–Crippen LogP) is 6.40. The topological polar surface area (TPSA) is 76.6 Å². The molecule has 10 heteroatoms. The van der Waals surface area contributed by atoms with Gasteiger partial charge in [0.25, 0.3) is 11.6 Å². The van der Waals surface area contributed by atoms with E-state index in [0.717, 1.165) is 16.7 Å². The van der Waals surface area contributed by atoms with E-state index in [9.17, 15) is 14.9 Å². The second kappa shape index (κ2) is 8.65. The molecule has 0 bridgehead atoms. The van der Waals surface area contributed by atoms with Crippen LogP contribution in [0.25, 0.3) is 6.08 Å². The van der Waals surface area contributed by atoms with Crippen LogP contribution < -0.4 is 4.90 Å². The first-order valence-electron chi connectivity index (χ1n) is 8.46. The van der Waals surface area contributed by atoms with Crippen molar-refractivity contribution >= 4 is 75.0 Å². The maximum Gasteiger partial charge on any atom is 0.271 e. The van der Waals surface area contributed by atoms with Crippen LogP contribution in [0.2, 0.25) is 5.02 Å². The Morgan fingerprint density at radius 3 is 2.67 bits per heavy atom. The highest BCUT2D eigenvalue weighted by atomic mass is 35.5. The van der Waals surface area contributed by atoms with Crippen LogP contribution in [0.5, 0.6) is 0 Å². The van der Waals surface area contributed by atoms with Gasteiger partial charge in [-0.05, 0) is 42.5 Å². The van der Waals surface area contributed by atoms with Gasteiger partial charge >= 0.3 is 0 Å². The molecule has 0 saturated carbocycles. The van der Waals surface area contributed by atoms with Crippen molar-refractivity contribution in [1.29, 1.82) is 0 Å². The van der Waals surface area contributed by atoms with Crippen molar-refractivity contribution in [3.8, 4) is 0 Å². The summed E-state index contributed by atoms with van der Waals surface area (Å²) in [5, 5.41) is 12.3. The second-order valence-corrected chi connectivity index (χ2v) is 9.20. The highest BCUT2D eigenvalue weighted by molar-refractivity contribution is 8.27. The first kappa shape index (κ1) is 20.7. The average molecular weight is 475 g/mol. The second-order valence-electron chi connectivity index (χ2n) is 6.01. The Morgan fingerprint density at radius 2 is 1.93 bits per heavy atom. The van der Waals surface area contributed by atoms with Gasteiger partial charge < -0.3 is 4.42 Å². The number of amides is 1. The molecule has 1 amide bonds. The Morgan fingerprint density at radius 1 is 1.17 bits per heavy atom. The number of nitro benzene ring substituents is 1. The lowest BCUT2D eigenvalue weighted by Gasteiger charge is -2.13. The summed E-state index contributed by atoms with van der Waals surface area (Å²) < 4.78 is 6.09. The number of hydrogen-bond donors (Lipinski definition) is 0. The van der Waals surface area contributed by atoms with E-state index in [1.807, 2.05) is 18.2 Å². The Balaban J connectivity index is 1.54. The maximum absolute atomic E-state index is 12.9. The van der Waals surface area contributed by atoms with Gasteiger partial charge in [0.15, 0.2) is 9.41 Å². The van der Waals surface area contributed by atoms with E-state index < -0.39 is 4.92 Å². The first-order chi connectivity index (χ1) is 14.4. The minimum atomic E-state index is -0.514. The number of benzene rings is 2. The summed E-state index contributed by atoms with van der Waals surface area (Å²) in [4.78, 5) is 26.0. The largest absolute Gasteiger partial charge is 0.450 e. The van der Waals surface area contributed by atoms with Gasteiger partial charge in [-0.25, -0.2) is 0 Å². The summed E-state index contributed by atoms with van der Waals surface area (Å²) >= 11 is 13.8. The molecule has 0 spiro atoms. The molecule has 0 unspecified atom stereocenters. The van der Waals surface area contributed by atoms with Crippen LogP contribution in [0.1, 0.15) is 5.76 Å². The minimum Gasteiger partial charge on any atom is -0.450 e. The number of thiocarbonyl (C=S) groups is 1. The van der Waals surface area contributed by atoms with Gasteiger partial charge in [0.1, 0.15) is 5.76 Å². The van der Waals surface area contributed by atoms with Crippen molar-refractivity contribution in [2.24, 2.45) is 0 Å². The minimum absolute atomic E-state index is 0.111. The summed E-state index contributed by atoms with van der Waals surface area (Å²) in [7, 11) is 0. The highest BCUT2D eigenvalue weighted by Crippen LogP contribution is 2.38. The number of nitro groups is 1. The Hall–Kier alpha value is -2.59. The lowest BCUT2D eigenvalue weighted by molar-refractivity contribution is -0.384. The summed E-state index contributed by atoms with van der Waals surface area (Å²) in [6.07, 6.45) is 1.61. The molecule has 0 N–H and O–H groups in total. The third-order valence-electron chi connectivity index (χ3n) is 4.00. The van der Waals surface area contributed by atoms with Crippen molar-refractivity contribution in [1.82, 2.24) is 0 Å². The molecule has 30 heavy (non-hydrogen) atoms. The number of rotatable bonds is 5. The van der Waals surface area contributed by atoms with E-state index >= 15 is 0 Å². The number of carbonyl (C=O) groups excluding carboxylic acids is 1. The molecule has 1 fully saturated rings. The lowest BCUT2D eigenvalue weighted by Crippen LogP contribution is -2.27. The molecular formula is C20H11ClN2O4S3. The van der Waals surface area contributed by atoms with Crippen LogP contribution in [0, 0.1) is 10.1 Å². The number of anilines is 1. The highest BCUT2D eigenvalue weighted by Gasteiger charge is 2.34. The SMILES string of the molecule is O=C1C(=Cc2ccc(Sc3ccc(Cl)cc3)o2)SC(=S)N1c1cccc([N+](=O)[O-])c1. The van der Waals surface area contributed by atoms with Crippen LogP contribution >= 0.6 is 47.3 Å². The van der Waals surface area contributed by atoms with Crippen molar-refractivity contribution in [3.63, 3.8) is 0 Å². The van der Waals surface area contributed by atoms with Gasteiger partial charge in [-0.15, -0.1) is 0 Å². The van der Waals surface area contributed by atoms with E-state index in [1.54, 1.807) is 30.3 Å². The molecule has 0 atom stereocenters. The van der Waals surface area contributed by atoms with E-state index in [0.29, 0.717) is 30.8 Å². The van der Waals surface area contributed by atoms with Crippen LogP contribution in [0.3, 0.4) is 0 Å². The van der Waals surface area contributed by atoms with Crippen LogP contribution in [0.15, 0.2) is 80.0 Å². The summed E-state index contributed by atoms with van der Waals surface area (Å²) in [5.41, 5.74) is 0.244. The van der Waals surface area contributed by atoms with Crippen molar-refractivity contribution in [3.05, 3.63) is 86.5 Å². The molecule has 0 radical (unpaired) electrons. The number of carbonyl (C=O) groups is 1. The summed E-state index contributed by atoms with van der Waals surface area (Å²) in [5.74, 6) is 0.153. The van der Waals surface area contributed by atoms with Gasteiger partial charge in [-0.1, -0.05) is 53.4 Å². The molecule has 1 aliphatic rings. The fourth-order valence-corrected chi connectivity index (χ4v) is 4.83. The molecule has 2 aromatic carbocycles. The normalized spacial score (nSPS) is 15.2. The van der Waals surface area contributed by atoms with E-state index in [-0.39, 0.29) is 11.6 Å². The Bertz CT molecular complexity index is 1190. The van der Waals surface area contributed by atoms with E-state index in [4.69, 9.17) is 28.2 Å². The standard InChI is InChI=1S/C20H11ClN2O4S3/c21-12-4-7-16(8-5-12)29-18-9-6-15(27-18)11-17-19(24)22(20(28)30-17)13-2-1-3-14(10-13)23(25)26/h1-11H. The quantitative estimate of drug-likeness (QED) is 0.183. The van der Waals surface area contributed by atoms with Gasteiger partial charge in [0.2, 0.25) is 0 Å². The molecule has 3 aromatic rings. The van der Waals surface area contributed by atoms with Crippen LogP contribution in [0.4, 0.5) is 11.4 Å². The van der Waals surface area contributed by atoms with Gasteiger partial charge in [-0.2, -0.15) is 0 Å². The summed E-state index contributed by atoms with van der Waals surface area (Å²) in [6, 6.07) is 16.8. The van der Waals surface area contributed by atoms with Crippen LogP contribution in [-0.2, 0) is 4.79 Å². The van der Waals surface area contributed by atoms with Crippen molar-refractivity contribution in [2.75, 3.05) is 4.90 Å². The third-order valence-corrected chi connectivity index (χ3v) is 6.48. The van der Waals surface area contributed by atoms with Crippen molar-refractivity contribution < 1.29 is 14.1 Å². The maximum atomic E-state index is 12.9. The third kappa shape index (κ3) is 4.44. The summed E-state index contributed by atoms with van der Waals surface area (Å²) in [6.45, 7) is 0. The number of thioether (sulfide) groups is 1. The molecule has 6 nitrogen and oxygen atoms in total. The van der Waals surface area contributed by atoms with Crippen LogP contribution in [-0.4, -0.2) is 15.2 Å². The van der Waals surface area contributed by atoms with Gasteiger partial charge in [0, 0.05) is 28.1 Å². The zero-order chi connectivity index (χ0) is 21.3. The smallest absolute Gasteiger partial charge is 0.271 e. The molecule has 150 valence electrons. The number of halogens is 1. The van der Waals surface area contributed by atoms with Gasteiger partial charge in [-0.3, -0.25) is 19.8 Å². The molecule has 0 aliphatic carbocycles. The number of furan rings is 1. The molecule has 2 heterocycles. The number of nitrogens with zero attached hydrogens (tertiary/aromatic N) is 2. The number of non-ortho nitro benzene ring substituents is 1. The average Bonchev–Trinajstić information content (AvgIpc) is 3.27. The molecule has 4 rings (SSSR count). The first-order valence-corrected chi connectivity index (χ1v) is 10.9. The lowest BCUT2D eigenvalue weighted by atomic mass is 10.2. The Kier molecular flexibility index (Phi) is 5.96. The van der Waals surface area contributed by atoms with E-state index in [2.05, 4.69) is 0 Å². The van der Waals surface area contributed by atoms with E-state index in [1.165, 1.54) is 34.9 Å². The molecule has 1 saturated heterocycles. The monoisotopic (exact) mass is 474 g/mol. The fourth-order valence-electron chi connectivity index (χ4n) is 2.65. The zero-order valence-electron chi connectivity index (χ0n) is 15.0. The van der Waals surface area contributed by atoms with Gasteiger partial charge in [0.05, 0.1) is 15.5 Å².